The van der Waals surface area contributed by atoms with E-state index < -0.39 is 16.0 Å². The number of methoxy groups -OCH3 is 1. The minimum Gasteiger partial charge on any atom is -0.495 e. The van der Waals surface area contributed by atoms with Crippen LogP contribution in [0.2, 0.25) is 5.02 Å². The number of para-hydroxylation sites is 1. The number of nitrogens with one attached hydrogen (secondary N) is 1. The van der Waals surface area contributed by atoms with E-state index in [-0.39, 0.29) is 33.7 Å². The van der Waals surface area contributed by atoms with E-state index >= 15 is 0 Å². The van der Waals surface area contributed by atoms with Gasteiger partial charge in [0.2, 0.25) is 0 Å². The van der Waals surface area contributed by atoms with Crippen LogP contribution in [-0.2, 0) is 14.8 Å². The Bertz CT molecular complexity index is 1130. The summed E-state index contributed by atoms with van der Waals surface area (Å²) in [5.74, 6) is -0.660. The number of carbonyl (C=O) groups excluding carboxylic acids is 1. The molecule has 0 aliphatic heterocycles. The zero-order valence-electron chi connectivity index (χ0n) is 15.6. The summed E-state index contributed by atoms with van der Waals surface area (Å²) in [5, 5.41) is 4.38. The molecule has 0 unspecified atom stereocenters. The monoisotopic (exact) mass is 435 g/mol. The number of halogens is 1. The summed E-state index contributed by atoms with van der Waals surface area (Å²) >= 11 is 5.97. The van der Waals surface area contributed by atoms with Gasteiger partial charge in [-0.05, 0) is 37.3 Å². The van der Waals surface area contributed by atoms with Crippen molar-refractivity contribution in [3.05, 3.63) is 65.3 Å². The molecule has 0 saturated heterocycles. The topological polar surface area (TPSA) is 99.5 Å². The van der Waals surface area contributed by atoms with Gasteiger partial charge in [-0.25, -0.2) is 17.9 Å². The van der Waals surface area contributed by atoms with Crippen LogP contribution in [0.15, 0.2) is 59.6 Å². The number of hydrogen-bond acceptors (Lipinski definition) is 6. The van der Waals surface area contributed by atoms with Gasteiger partial charge >= 0.3 is 5.97 Å². The average molecular weight is 436 g/mol. The SMILES string of the molecule is CCOC(=O)c1cnn(-c2ccccc2)c1NS(=O)(=O)c1cc(Cl)ccc1OC. The number of aromatic nitrogens is 2. The molecular formula is C19H18ClN3O5S. The molecule has 0 aliphatic rings. The van der Waals surface area contributed by atoms with E-state index in [9.17, 15) is 13.2 Å². The van der Waals surface area contributed by atoms with E-state index in [4.69, 9.17) is 21.1 Å². The molecule has 3 rings (SSSR count). The number of sulfonamides is 1. The van der Waals surface area contributed by atoms with E-state index in [0.29, 0.717) is 5.69 Å². The van der Waals surface area contributed by atoms with Crippen molar-refractivity contribution in [2.75, 3.05) is 18.4 Å². The molecule has 29 heavy (non-hydrogen) atoms. The molecule has 0 fully saturated rings. The Morgan fingerprint density at radius 3 is 2.59 bits per heavy atom. The zero-order chi connectivity index (χ0) is 21.0. The van der Waals surface area contributed by atoms with Crippen LogP contribution in [0.3, 0.4) is 0 Å². The minimum absolute atomic E-state index is 0.0275. The molecule has 2 aromatic carbocycles. The third-order valence-electron chi connectivity index (χ3n) is 3.91. The molecule has 8 nitrogen and oxygen atoms in total. The van der Waals surface area contributed by atoms with E-state index in [1.807, 2.05) is 0 Å². The quantitative estimate of drug-likeness (QED) is 0.570. The highest BCUT2D eigenvalue weighted by molar-refractivity contribution is 7.92. The van der Waals surface area contributed by atoms with Gasteiger partial charge in [0, 0.05) is 5.02 Å². The summed E-state index contributed by atoms with van der Waals surface area (Å²) < 4.78 is 40.1. The molecule has 0 amide bonds. The third-order valence-corrected chi connectivity index (χ3v) is 5.51. The second kappa shape index (κ2) is 8.54. The second-order valence-corrected chi connectivity index (χ2v) is 7.86. The van der Waals surface area contributed by atoms with Gasteiger partial charge < -0.3 is 9.47 Å². The first-order valence-corrected chi connectivity index (χ1v) is 10.4. The van der Waals surface area contributed by atoms with Gasteiger partial charge in [0.25, 0.3) is 10.0 Å². The van der Waals surface area contributed by atoms with Crippen LogP contribution >= 0.6 is 11.6 Å². The first kappa shape index (κ1) is 20.7. The summed E-state index contributed by atoms with van der Waals surface area (Å²) in [6.07, 6.45) is 1.25. The lowest BCUT2D eigenvalue weighted by Gasteiger charge is -2.14. The molecular weight excluding hydrogens is 418 g/mol. The molecule has 1 aromatic heterocycles. The highest BCUT2D eigenvalue weighted by atomic mass is 35.5. The Labute approximate surface area is 173 Å². The maximum Gasteiger partial charge on any atom is 0.343 e. The molecule has 0 atom stereocenters. The van der Waals surface area contributed by atoms with Crippen molar-refractivity contribution in [2.24, 2.45) is 0 Å². The van der Waals surface area contributed by atoms with Crippen LogP contribution in [0.25, 0.3) is 5.69 Å². The van der Waals surface area contributed by atoms with E-state index in [2.05, 4.69) is 9.82 Å². The van der Waals surface area contributed by atoms with Crippen LogP contribution in [0, 0.1) is 0 Å². The first-order valence-electron chi connectivity index (χ1n) is 8.54. The number of rotatable bonds is 7. The standard InChI is InChI=1S/C19H18ClN3O5S/c1-3-28-19(24)15-12-21-23(14-7-5-4-6-8-14)18(15)22-29(25,26)17-11-13(20)9-10-16(17)27-2/h4-12,22H,3H2,1-2H3. The average Bonchev–Trinajstić information content (AvgIpc) is 3.11. The summed E-state index contributed by atoms with van der Waals surface area (Å²) in [4.78, 5) is 12.2. The maximum absolute atomic E-state index is 13.1. The van der Waals surface area contributed by atoms with Crippen LogP contribution in [0.1, 0.15) is 17.3 Å². The van der Waals surface area contributed by atoms with E-state index in [1.54, 1.807) is 37.3 Å². The van der Waals surface area contributed by atoms with Gasteiger partial charge in [-0.3, -0.25) is 4.72 Å². The smallest absolute Gasteiger partial charge is 0.343 e. The lowest BCUT2D eigenvalue weighted by Crippen LogP contribution is -2.19. The van der Waals surface area contributed by atoms with Crippen molar-refractivity contribution < 1.29 is 22.7 Å². The minimum atomic E-state index is -4.18. The molecule has 1 heterocycles. The third kappa shape index (κ3) is 4.36. The van der Waals surface area contributed by atoms with Crippen molar-refractivity contribution in [3.63, 3.8) is 0 Å². The number of carbonyl (C=O) groups is 1. The fourth-order valence-electron chi connectivity index (χ4n) is 2.61. The van der Waals surface area contributed by atoms with Gasteiger partial charge in [-0.15, -0.1) is 0 Å². The van der Waals surface area contributed by atoms with Gasteiger partial charge in [0.1, 0.15) is 16.2 Å². The normalized spacial score (nSPS) is 11.1. The second-order valence-electron chi connectivity index (χ2n) is 5.78. The Balaban J connectivity index is 2.13. The van der Waals surface area contributed by atoms with E-state index in [0.717, 1.165) is 0 Å². The number of anilines is 1. The highest BCUT2D eigenvalue weighted by Gasteiger charge is 2.27. The number of hydrogen-bond donors (Lipinski definition) is 1. The summed E-state index contributed by atoms with van der Waals surface area (Å²) in [6.45, 7) is 1.78. The Kier molecular flexibility index (Phi) is 6.09. The van der Waals surface area contributed by atoms with Crippen molar-refractivity contribution in [1.29, 1.82) is 0 Å². The van der Waals surface area contributed by atoms with Crippen molar-refractivity contribution in [3.8, 4) is 11.4 Å². The van der Waals surface area contributed by atoms with Crippen molar-refractivity contribution in [2.45, 2.75) is 11.8 Å². The number of esters is 1. The molecule has 1 N–H and O–H groups in total. The number of benzene rings is 2. The van der Waals surface area contributed by atoms with Gasteiger partial charge in [-0.2, -0.15) is 5.10 Å². The highest BCUT2D eigenvalue weighted by Crippen LogP contribution is 2.30. The van der Waals surface area contributed by atoms with Crippen LogP contribution in [0.4, 0.5) is 5.82 Å². The van der Waals surface area contributed by atoms with Crippen LogP contribution in [-0.4, -0.2) is 37.9 Å². The van der Waals surface area contributed by atoms with Gasteiger partial charge in [-0.1, -0.05) is 29.8 Å². The molecule has 0 aliphatic carbocycles. The molecule has 0 bridgehead atoms. The van der Waals surface area contributed by atoms with Gasteiger partial charge in [0.05, 0.1) is 25.6 Å². The Hall–Kier alpha value is -3.04. The lowest BCUT2D eigenvalue weighted by molar-refractivity contribution is 0.0527. The lowest BCUT2D eigenvalue weighted by atomic mass is 10.3. The number of nitrogens with zero attached hydrogens (tertiary/aromatic N) is 2. The van der Waals surface area contributed by atoms with Crippen molar-refractivity contribution >= 4 is 33.4 Å². The predicted molar refractivity (Wildman–Crippen MR) is 108 cm³/mol. The van der Waals surface area contributed by atoms with E-state index in [1.165, 1.54) is 36.2 Å². The Morgan fingerprint density at radius 1 is 1.21 bits per heavy atom. The molecule has 0 radical (unpaired) electrons. The number of ether oxygens (including phenoxy) is 2. The predicted octanol–water partition coefficient (Wildman–Crippen LogP) is 3.51. The fraction of sp³-hybridized carbons (Fsp3) is 0.158. The summed E-state index contributed by atoms with van der Waals surface area (Å²) in [5.41, 5.74) is 0.527. The fourth-order valence-corrected chi connectivity index (χ4v) is 4.11. The van der Waals surface area contributed by atoms with Crippen molar-refractivity contribution in [1.82, 2.24) is 9.78 Å². The molecule has 0 spiro atoms. The summed E-state index contributed by atoms with van der Waals surface area (Å²) in [7, 11) is -2.83. The zero-order valence-corrected chi connectivity index (χ0v) is 17.2. The maximum atomic E-state index is 13.1. The molecule has 10 heteroatoms. The molecule has 152 valence electrons. The van der Waals surface area contributed by atoms with Crippen LogP contribution in [0.5, 0.6) is 5.75 Å². The van der Waals surface area contributed by atoms with Gasteiger partial charge in [0.15, 0.2) is 5.82 Å². The largest absolute Gasteiger partial charge is 0.495 e. The molecule has 3 aromatic rings. The first-order chi connectivity index (χ1) is 13.9. The van der Waals surface area contributed by atoms with Crippen LogP contribution < -0.4 is 9.46 Å². The Morgan fingerprint density at radius 2 is 1.93 bits per heavy atom. The molecule has 0 saturated carbocycles. The summed E-state index contributed by atoms with van der Waals surface area (Å²) in [6, 6.07) is 13.0.